The number of hydrogen-bond acceptors (Lipinski definition) is 15. The molecule has 3 aromatic heterocycles. The maximum atomic E-state index is 14.8. The number of hydrogen-bond donors (Lipinski definition) is 2. The lowest BCUT2D eigenvalue weighted by molar-refractivity contribution is -0.131. The third kappa shape index (κ3) is 13.4. The van der Waals surface area contributed by atoms with Crippen LogP contribution < -0.4 is 23.7 Å². The molecule has 1 fully saturated rings. The number of nitrogens with one attached hydrogen (secondary N) is 2. The predicted octanol–water partition coefficient (Wildman–Crippen LogP) is 13.4. The number of aromatic nitrogens is 4. The maximum absolute atomic E-state index is 14.8. The number of aliphatic imine (C=N–C) groups is 1. The number of sulfonamides is 2. The molecule has 3 atom stereocenters. The van der Waals surface area contributed by atoms with Crippen molar-refractivity contribution in [2.24, 2.45) is 10.9 Å². The highest BCUT2D eigenvalue weighted by Crippen LogP contribution is 2.43. The van der Waals surface area contributed by atoms with Crippen molar-refractivity contribution in [1.29, 1.82) is 0 Å². The molecule has 0 radical (unpaired) electrons. The molecule has 2 amide bonds. The Morgan fingerprint density at radius 1 is 0.758 bits per heavy atom. The van der Waals surface area contributed by atoms with Crippen LogP contribution in [0.1, 0.15) is 166 Å². The Hall–Kier alpha value is -8.40. The maximum Gasteiger partial charge on any atom is 0.279 e. The summed E-state index contributed by atoms with van der Waals surface area (Å²) < 4.78 is 92.1. The van der Waals surface area contributed by atoms with Crippen molar-refractivity contribution in [1.82, 2.24) is 29.3 Å². The molecule has 1 spiro atoms. The van der Waals surface area contributed by atoms with E-state index in [1.165, 1.54) is 12.1 Å². The number of nitrogens with zero attached hydrogens (tertiary/aromatic N) is 6. The zero-order valence-corrected chi connectivity index (χ0v) is 55.0. The van der Waals surface area contributed by atoms with Crippen LogP contribution in [0.5, 0.6) is 17.2 Å². The van der Waals surface area contributed by atoms with E-state index >= 15 is 0 Å². The number of imidazole rings is 1. The molecule has 1 aliphatic carbocycles. The van der Waals surface area contributed by atoms with E-state index in [1.54, 1.807) is 68.4 Å². The van der Waals surface area contributed by atoms with Gasteiger partial charge in [0.15, 0.2) is 23.0 Å². The molecule has 91 heavy (non-hydrogen) atoms. The first-order chi connectivity index (χ1) is 43.6. The number of benzene rings is 5. The van der Waals surface area contributed by atoms with Gasteiger partial charge in [0.25, 0.3) is 31.9 Å². The molecule has 11 rings (SSSR count). The van der Waals surface area contributed by atoms with Crippen LogP contribution in [0, 0.1) is 33.6 Å². The Labute approximate surface area is 533 Å². The van der Waals surface area contributed by atoms with Crippen LogP contribution in [0.4, 0.5) is 5.82 Å². The van der Waals surface area contributed by atoms with E-state index < -0.39 is 37.6 Å². The summed E-state index contributed by atoms with van der Waals surface area (Å²) in [4.78, 5) is 46.9. The quantitative estimate of drug-likeness (QED) is 0.0542. The first-order valence-corrected chi connectivity index (χ1v) is 34.4. The van der Waals surface area contributed by atoms with Crippen molar-refractivity contribution in [2.75, 3.05) is 18.1 Å². The molecule has 2 aliphatic heterocycles. The van der Waals surface area contributed by atoms with Crippen LogP contribution in [0.15, 0.2) is 129 Å². The summed E-state index contributed by atoms with van der Waals surface area (Å²) in [5, 5.41) is 3.95. The molecule has 1 saturated carbocycles. The molecule has 5 heterocycles. The molecule has 478 valence electrons. The summed E-state index contributed by atoms with van der Waals surface area (Å²) in [7, 11) is -8.42. The van der Waals surface area contributed by atoms with Gasteiger partial charge in [-0.05, 0) is 154 Å². The van der Waals surface area contributed by atoms with Gasteiger partial charge in [-0.3, -0.25) is 24.2 Å². The second-order valence-corrected chi connectivity index (χ2v) is 28.0. The lowest BCUT2D eigenvalue weighted by Crippen LogP contribution is -2.40. The van der Waals surface area contributed by atoms with E-state index in [-0.39, 0.29) is 59.2 Å². The van der Waals surface area contributed by atoms with Gasteiger partial charge < -0.3 is 28.0 Å². The lowest BCUT2D eigenvalue weighted by Gasteiger charge is -2.25. The predicted molar refractivity (Wildman–Crippen MR) is 348 cm³/mol. The molecular weight excluding hydrogens is 1190 g/mol. The first-order valence-electron chi connectivity index (χ1n) is 31.4. The number of ether oxygens (including phenoxy) is 4. The van der Waals surface area contributed by atoms with Gasteiger partial charge in [-0.15, -0.1) is 0 Å². The zero-order valence-electron chi connectivity index (χ0n) is 53.4. The van der Waals surface area contributed by atoms with Crippen LogP contribution in [0.3, 0.4) is 0 Å². The molecule has 5 aromatic carbocycles. The normalized spacial score (nSPS) is 15.6. The summed E-state index contributed by atoms with van der Waals surface area (Å²) >= 11 is 0. The van der Waals surface area contributed by atoms with Crippen LogP contribution >= 0.6 is 0 Å². The monoisotopic (exact) mass is 1270 g/mol. The van der Waals surface area contributed by atoms with Crippen molar-refractivity contribution in [2.45, 2.75) is 174 Å². The highest BCUT2D eigenvalue weighted by atomic mass is 32.2. The minimum atomic E-state index is -4.30. The third-order valence-electron chi connectivity index (χ3n) is 18.0. The molecule has 3 unspecified atom stereocenters. The summed E-state index contributed by atoms with van der Waals surface area (Å²) in [5.74, 6) is 2.91. The number of amidine groups is 1. The van der Waals surface area contributed by atoms with E-state index in [0.29, 0.717) is 90.5 Å². The fourth-order valence-electron chi connectivity index (χ4n) is 12.5. The Kier molecular flexibility index (Phi) is 18.6. The topological polar surface area (TPSA) is 236 Å². The smallest absolute Gasteiger partial charge is 0.279 e. The van der Waals surface area contributed by atoms with Gasteiger partial charge in [0.2, 0.25) is 12.9 Å². The molecule has 3 aliphatic rings. The number of aryl methyl sites for hydroxylation is 4. The molecular formula is C70H80N8O11S2. The molecule has 0 saturated heterocycles. The van der Waals surface area contributed by atoms with Gasteiger partial charge >= 0.3 is 0 Å². The zero-order chi connectivity index (χ0) is 64.5. The Morgan fingerprint density at radius 2 is 1.47 bits per heavy atom. The van der Waals surface area contributed by atoms with Gasteiger partial charge in [0.05, 0.1) is 29.5 Å². The summed E-state index contributed by atoms with van der Waals surface area (Å²) in [6, 6.07) is 32.1. The Balaban J connectivity index is 0.851. The van der Waals surface area contributed by atoms with Crippen molar-refractivity contribution < 1.29 is 49.9 Å². The van der Waals surface area contributed by atoms with E-state index in [1.807, 2.05) is 69.0 Å². The molecule has 21 heteroatoms. The van der Waals surface area contributed by atoms with Gasteiger partial charge in [-0.2, -0.15) is 0 Å². The second-order valence-electron chi connectivity index (χ2n) is 24.7. The number of rotatable bonds is 25. The van der Waals surface area contributed by atoms with Gasteiger partial charge in [0, 0.05) is 41.3 Å². The SMILES string of the molecule is CCCc1cc(Cn2c(C(C)C(C)CCC3=NC4(CCCC4)C(=O)N3Cc3ccc(-c4ccccc4S(=O)(=O)Nc4noc(C)c4C)c(COCC)c3)nc3c(C)cc(C)nc32)ccc1OC(C(=O)NS(=O)(=O)c1ccc(C(C)C)cc1)c1ccc2c(c1)OCO2. The van der Waals surface area contributed by atoms with Crippen molar-refractivity contribution >= 4 is 54.7 Å². The Morgan fingerprint density at radius 3 is 2.20 bits per heavy atom. The number of pyridine rings is 1. The van der Waals surface area contributed by atoms with Gasteiger partial charge in [-0.25, -0.2) is 31.5 Å². The summed E-state index contributed by atoms with van der Waals surface area (Å²) in [6.45, 7) is 21.3. The second kappa shape index (κ2) is 26.4. The molecule has 8 aromatic rings. The van der Waals surface area contributed by atoms with Crippen molar-refractivity contribution in [3.8, 4) is 28.4 Å². The van der Waals surface area contributed by atoms with Crippen molar-refractivity contribution in [3.63, 3.8) is 0 Å². The largest absolute Gasteiger partial charge is 0.475 e. The average molecular weight is 1270 g/mol. The van der Waals surface area contributed by atoms with Gasteiger partial charge in [0.1, 0.15) is 34.2 Å². The third-order valence-corrected chi connectivity index (χ3v) is 20.7. The number of carbonyl (C=O) groups excluding carboxylic acids is 2. The molecule has 0 bridgehead atoms. The summed E-state index contributed by atoms with van der Waals surface area (Å²) in [5.41, 5.74) is 9.17. The van der Waals surface area contributed by atoms with E-state index in [4.69, 9.17) is 38.4 Å². The van der Waals surface area contributed by atoms with E-state index in [0.717, 1.165) is 81.2 Å². The number of amides is 2. The average Bonchev–Trinajstić information content (AvgIpc) is 1.74. The fourth-order valence-corrected chi connectivity index (χ4v) is 14.8. The standard InChI is InChI=1S/C70H80N8O11S2/c1-11-17-52-35-50(22-29-58(52)88-64(53-25-30-59-60(37-53)87-41-86-59)68(79)76-90(81,82)55-26-23-51(24-27-55)42(3)4)39-78-66(72-63-44(6)34-45(7)71-67(63)78)46(8)43(5)20-31-62-73-70(32-15-16-33-70)69(80)77(62)38-49-21-28-56(54(36-49)40-85-12-2)57-18-13-14-19-61(57)91(83,84)75-65-47(9)48(10)89-74-65/h13-14,18-19,21-30,34-37,42-43,46,64H,11-12,15-17,20,31-33,38-41H2,1-10H3,(H,74,75)(H,76,79). The first kappa shape index (κ1) is 64.1. The number of fused-ring (bicyclic) bond motifs is 2. The minimum absolute atomic E-state index is 0.00976. The molecule has 2 N–H and O–H groups in total. The van der Waals surface area contributed by atoms with Gasteiger partial charge in [-0.1, -0.05) is 126 Å². The summed E-state index contributed by atoms with van der Waals surface area (Å²) in [6.07, 6.45) is 4.41. The van der Waals surface area contributed by atoms with Crippen LogP contribution in [0.25, 0.3) is 22.3 Å². The lowest BCUT2D eigenvalue weighted by atomic mass is 9.90. The fraction of sp³-hybridized carbons (Fsp3) is 0.400. The highest BCUT2D eigenvalue weighted by Gasteiger charge is 2.49. The van der Waals surface area contributed by atoms with Crippen LogP contribution in [-0.4, -0.2) is 78.0 Å². The molecule has 19 nitrogen and oxygen atoms in total. The Bertz CT molecular complexity index is 4320. The highest BCUT2D eigenvalue weighted by molar-refractivity contribution is 7.92. The number of carbonyl (C=O) groups is 2. The number of anilines is 1. The minimum Gasteiger partial charge on any atom is -0.475 e. The van der Waals surface area contributed by atoms with Crippen LogP contribution in [0.2, 0.25) is 0 Å². The van der Waals surface area contributed by atoms with E-state index in [2.05, 4.69) is 52.9 Å². The van der Waals surface area contributed by atoms with Crippen molar-refractivity contribution in [3.05, 3.63) is 171 Å². The van der Waals surface area contributed by atoms with Crippen LogP contribution in [-0.2, 0) is 60.5 Å². The van der Waals surface area contributed by atoms with E-state index in [9.17, 15) is 26.4 Å².